The van der Waals surface area contributed by atoms with Gasteiger partial charge in [0.05, 0.1) is 12.0 Å². The van der Waals surface area contributed by atoms with Crippen LogP contribution < -0.4 is 11.2 Å². The SMILES string of the molecule is Cc1ccc(-n2c(N=CN(C)C)cc(=O)n(C)c2=O)cc1. The highest BCUT2D eigenvalue weighted by molar-refractivity contribution is 5.60. The van der Waals surface area contributed by atoms with Gasteiger partial charge in [-0.15, -0.1) is 0 Å². The van der Waals surface area contributed by atoms with Crippen LogP contribution in [0.15, 0.2) is 44.9 Å². The molecule has 0 spiro atoms. The van der Waals surface area contributed by atoms with Gasteiger partial charge in [-0.2, -0.15) is 0 Å². The van der Waals surface area contributed by atoms with Gasteiger partial charge < -0.3 is 4.90 Å². The molecule has 0 saturated carbocycles. The molecular weight excluding hydrogens is 268 g/mol. The fourth-order valence-corrected chi connectivity index (χ4v) is 1.82. The van der Waals surface area contributed by atoms with E-state index in [1.807, 2.05) is 45.3 Å². The minimum Gasteiger partial charge on any atom is -0.369 e. The van der Waals surface area contributed by atoms with Crippen molar-refractivity contribution in [2.45, 2.75) is 6.92 Å². The van der Waals surface area contributed by atoms with E-state index in [1.54, 1.807) is 11.2 Å². The second-order valence-electron chi connectivity index (χ2n) is 5.06. The number of aliphatic imine (C=N–C) groups is 1. The molecule has 1 heterocycles. The number of benzene rings is 1. The van der Waals surface area contributed by atoms with Crippen molar-refractivity contribution in [1.82, 2.24) is 14.0 Å². The molecule has 0 N–H and O–H groups in total. The number of hydrogen-bond acceptors (Lipinski definition) is 3. The van der Waals surface area contributed by atoms with Gasteiger partial charge in [0, 0.05) is 27.2 Å². The smallest absolute Gasteiger partial charge is 0.337 e. The van der Waals surface area contributed by atoms with Gasteiger partial charge in [-0.1, -0.05) is 17.7 Å². The summed E-state index contributed by atoms with van der Waals surface area (Å²) in [5, 5.41) is 0. The average molecular weight is 286 g/mol. The molecule has 2 rings (SSSR count). The van der Waals surface area contributed by atoms with Crippen LogP contribution in [0.5, 0.6) is 0 Å². The number of hydrogen-bond donors (Lipinski definition) is 0. The van der Waals surface area contributed by atoms with E-state index >= 15 is 0 Å². The summed E-state index contributed by atoms with van der Waals surface area (Å²) in [7, 11) is 5.09. The Kier molecular flexibility index (Phi) is 4.07. The van der Waals surface area contributed by atoms with Crippen LogP contribution >= 0.6 is 0 Å². The minimum absolute atomic E-state index is 0.306. The van der Waals surface area contributed by atoms with E-state index < -0.39 is 5.69 Å². The minimum atomic E-state index is -0.419. The zero-order valence-corrected chi connectivity index (χ0v) is 12.6. The lowest BCUT2D eigenvalue weighted by atomic mass is 10.2. The predicted molar refractivity (Wildman–Crippen MR) is 83.9 cm³/mol. The van der Waals surface area contributed by atoms with Gasteiger partial charge in [0.15, 0.2) is 0 Å². The Morgan fingerprint density at radius 1 is 1.14 bits per heavy atom. The number of aromatic nitrogens is 2. The lowest BCUT2D eigenvalue weighted by Gasteiger charge is -2.12. The Morgan fingerprint density at radius 2 is 1.76 bits per heavy atom. The maximum absolute atomic E-state index is 12.4. The third kappa shape index (κ3) is 3.10. The summed E-state index contributed by atoms with van der Waals surface area (Å²) >= 11 is 0. The summed E-state index contributed by atoms with van der Waals surface area (Å²) in [6.45, 7) is 1.97. The molecular formula is C15H18N4O2. The normalized spacial score (nSPS) is 11.0. The van der Waals surface area contributed by atoms with Crippen LogP contribution in [-0.2, 0) is 7.05 Å². The number of aryl methyl sites for hydroxylation is 1. The lowest BCUT2D eigenvalue weighted by Crippen LogP contribution is -2.36. The Bertz CT molecular complexity index is 783. The second-order valence-corrected chi connectivity index (χ2v) is 5.06. The second kappa shape index (κ2) is 5.78. The van der Waals surface area contributed by atoms with Gasteiger partial charge in [-0.3, -0.25) is 9.36 Å². The standard InChI is InChI=1S/C15H18N4O2/c1-11-5-7-12(8-6-11)19-13(16-10-17(2)3)9-14(20)18(4)15(19)21/h5-10H,1-4H3. The zero-order chi connectivity index (χ0) is 15.6. The van der Waals surface area contributed by atoms with E-state index in [1.165, 1.54) is 17.7 Å². The van der Waals surface area contributed by atoms with E-state index in [0.717, 1.165) is 10.1 Å². The molecule has 2 aromatic rings. The van der Waals surface area contributed by atoms with Crippen molar-refractivity contribution in [3.8, 4) is 5.69 Å². The van der Waals surface area contributed by atoms with Crippen LogP contribution in [0.3, 0.4) is 0 Å². The molecule has 1 aromatic carbocycles. The summed E-state index contributed by atoms with van der Waals surface area (Å²) in [5.74, 6) is 0.306. The third-order valence-electron chi connectivity index (χ3n) is 3.00. The van der Waals surface area contributed by atoms with Crippen molar-refractivity contribution in [3.63, 3.8) is 0 Å². The van der Waals surface area contributed by atoms with Crippen LogP contribution in [-0.4, -0.2) is 34.5 Å². The molecule has 0 aliphatic rings. The van der Waals surface area contributed by atoms with Crippen molar-refractivity contribution in [3.05, 3.63) is 56.7 Å². The molecule has 0 bridgehead atoms. The van der Waals surface area contributed by atoms with Gasteiger partial charge in [0.1, 0.15) is 5.82 Å². The summed E-state index contributed by atoms with van der Waals surface area (Å²) in [6, 6.07) is 8.83. The molecule has 6 nitrogen and oxygen atoms in total. The molecule has 0 radical (unpaired) electrons. The first kappa shape index (κ1) is 14.8. The first-order chi connectivity index (χ1) is 9.90. The third-order valence-corrected chi connectivity index (χ3v) is 3.00. The fourth-order valence-electron chi connectivity index (χ4n) is 1.82. The number of nitrogens with zero attached hydrogens (tertiary/aromatic N) is 4. The van der Waals surface area contributed by atoms with Crippen LogP contribution in [0.25, 0.3) is 5.69 Å². The maximum Gasteiger partial charge on any atom is 0.337 e. The summed E-state index contributed by atoms with van der Waals surface area (Å²) in [5.41, 5.74) is 0.966. The quantitative estimate of drug-likeness (QED) is 0.626. The summed E-state index contributed by atoms with van der Waals surface area (Å²) in [4.78, 5) is 30.1. The average Bonchev–Trinajstić information content (AvgIpc) is 2.44. The zero-order valence-electron chi connectivity index (χ0n) is 12.6. The molecule has 21 heavy (non-hydrogen) atoms. The summed E-state index contributed by atoms with van der Waals surface area (Å²) in [6.07, 6.45) is 1.55. The van der Waals surface area contributed by atoms with E-state index in [4.69, 9.17) is 0 Å². The van der Waals surface area contributed by atoms with E-state index in [2.05, 4.69) is 4.99 Å². The molecule has 0 aliphatic heterocycles. The van der Waals surface area contributed by atoms with Crippen molar-refractivity contribution >= 4 is 12.2 Å². The van der Waals surface area contributed by atoms with Crippen LogP contribution in [0, 0.1) is 6.92 Å². The molecule has 1 aromatic heterocycles. The fraction of sp³-hybridized carbons (Fsp3) is 0.267. The Hall–Kier alpha value is -2.63. The van der Waals surface area contributed by atoms with Gasteiger partial charge in [0.25, 0.3) is 5.56 Å². The lowest BCUT2D eigenvalue weighted by molar-refractivity contribution is 0.641. The predicted octanol–water partition coefficient (Wildman–Crippen LogP) is 1.07. The molecule has 0 unspecified atom stereocenters. The van der Waals surface area contributed by atoms with Gasteiger partial charge in [-0.05, 0) is 19.1 Å². The number of rotatable bonds is 3. The first-order valence-electron chi connectivity index (χ1n) is 6.51. The molecule has 6 heteroatoms. The Labute approximate surface area is 122 Å². The van der Waals surface area contributed by atoms with Gasteiger partial charge in [0.2, 0.25) is 0 Å². The van der Waals surface area contributed by atoms with E-state index in [9.17, 15) is 9.59 Å². The summed E-state index contributed by atoms with van der Waals surface area (Å²) < 4.78 is 2.48. The van der Waals surface area contributed by atoms with Gasteiger partial charge in [-0.25, -0.2) is 14.4 Å². The van der Waals surface area contributed by atoms with Crippen LogP contribution in [0.4, 0.5) is 5.82 Å². The van der Waals surface area contributed by atoms with Crippen LogP contribution in [0.2, 0.25) is 0 Å². The molecule has 0 aliphatic carbocycles. The monoisotopic (exact) mass is 286 g/mol. The Balaban J connectivity index is 2.73. The van der Waals surface area contributed by atoms with E-state index in [-0.39, 0.29) is 5.56 Å². The molecule has 0 amide bonds. The highest BCUT2D eigenvalue weighted by atomic mass is 16.2. The highest BCUT2D eigenvalue weighted by Crippen LogP contribution is 2.14. The highest BCUT2D eigenvalue weighted by Gasteiger charge is 2.10. The van der Waals surface area contributed by atoms with Crippen molar-refractivity contribution in [2.75, 3.05) is 14.1 Å². The topological polar surface area (TPSA) is 59.6 Å². The maximum atomic E-state index is 12.4. The van der Waals surface area contributed by atoms with Crippen molar-refractivity contribution < 1.29 is 0 Å². The molecule has 110 valence electrons. The van der Waals surface area contributed by atoms with Crippen molar-refractivity contribution in [1.29, 1.82) is 0 Å². The van der Waals surface area contributed by atoms with Gasteiger partial charge >= 0.3 is 5.69 Å². The molecule has 0 fully saturated rings. The largest absolute Gasteiger partial charge is 0.369 e. The molecule has 0 saturated heterocycles. The molecule has 0 atom stereocenters. The van der Waals surface area contributed by atoms with E-state index in [0.29, 0.717) is 11.5 Å². The van der Waals surface area contributed by atoms with Crippen molar-refractivity contribution in [2.24, 2.45) is 12.0 Å². The Morgan fingerprint density at radius 3 is 2.33 bits per heavy atom. The van der Waals surface area contributed by atoms with Crippen LogP contribution in [0.1, 0.15) is 5.56 Å². The first-order valence-corrected chi connectivity index (χ1v) is 6.51.